The molecule has 0 bridgehead atoms. The maximum absolute atomic E-state index is 13.4. The smallest absolute Gasteiger partial charge is 0.251 e. The van der Waals surface area contributed by atoms with Crippen molar-refractivity contribution in [3.8, 4) is 5.75 Å². The van der Waals surface area contributed by atoms with Gasteiger partial charge in [0.1, 0.15) is 0 Å². The quantitative estimate of drug-likeness (QED) is 0.868. The Morgan fingerprint density at radius 1 is 1.25 bits per heavy atom. The van der Waals surface area contributed by atoms with Crippen LogP contribution in [0, 0.1) is 5.82 Å². The molecular formula is C16H21FN2O4S. The van der Waals surface area contributed by atoms with Crippen LogP contribution >= 0.6 is 0 Å². The van der Waals surface area contributed by atoms with E-state index in [-0.39, 0.29) is 22.9 Å². The van der Waals surface area contributed by atoms with E-state index in [1.165, 1.54) is 29.6 Å². The lowest BCUT2D eigenvalue weighted by molar-refractivity contribution is 0.0923. The predicted octanol–water partition coefficient (Wildman–Crippen LogP) is 1.52. The number of carbonyl (C=O) groups excluding carboxylic acids is 1. The Labute approximate surface area is 141 Å². The lowest BCUT2D eigenvalue weighted by atomic mass is 10.1. The summed E-state index contributed by atoms with van der Waals surface area (Å²) >= 11 is 0. The molecular weight excluding hydrogens is 335 g/mol. The fourth-order valence-corrected chi connectivity index (χ4v) is 4.77. The molecule has 1 aliphatic heterocycles. The van der Waals surface area contributed by atoms with Crippen LogP contribution in [0.3, 0.4) is 0 Å². The molecule has 1 amide bonds. The van der Waals surface area contributed by atoms with Crippen LogP contribution in [-0.2, 0) is 10.0 Å². The van der Waals surface area contributed by atoms with Crippen molar-refractivity contribution in [2.45, 2.75) is 37.0 Å². The second-order valence-corrected chi connectivity index (χ2v) is 8.45. The van der Waals surface area contributed by atoms with Gasteiger partial charge in [0.25, 0.3) is 5.91 Å². The standard InChI is InChI=1S/C16H21FN2O4S/c1-23-15-10-11(2-5-14(15)17)16(20)18-12-6-8-19(9-7-12)24(21,22)13-3-4-13/h2,5,10,12-13H,3-4,6-9H2,1H3,(H,18,20). The number of piperidine rings is 1. The Kier molecular flexibility index (Phi) is 4.78. The molecule has 0 spiro atoms. The average molecular weight is 356 g/mol. The number of halogens is 1. The van der Waals surface area contributed by atoms with Gasteiger partial charge < -0.3 is 10.1 Å². The number of carbonyl (C=O) groups is 1. The number of ether oxygens (including phenoxy) is 1. The van der Waals surface area contributed by atoms with Gasteiger partial charge in [-0.3, -0.25) is 4.79 Å². The minimum atomic E-state index is -3.14. The number of rotatable bonds is 5. The van der Waals surface area contributed by atoms with E-state index >= 15 is 0 Å². The molecule has 1 heterocycles. The first kappa shape index (κ1) is 17.2. The maximum atomic E-state index is 13.4. The van der Waals surface area contributed by atoms with Gasteiger partial charge in [-0.15, -0.1) is 0 Å². The second-order valence-electron chi connectivity index (χ2n) is 6.24. The zero-order valence-electron chi connectivity index (χ0n) is 13.5. The Morgan fingerprint density at radius 2 is 1.92 bits per heavy atom. The van der Waals surface area contributed by atoms with E-state index in [0.717, 1.165) is 12.8 Å². The summed E-state index contributed by atoms with van der Waals surface area (Å²) in [6.45, 7) is 0.854. The van der Waals surface area contributed by atoms with E-state index in [2.05, 4.69) is 5.32 Å². The third-order valence-electron chi connectivity index (χ3n) is 4.51. The van der Waals surface area contributed by atoms with Crippen LogP contribution in [0.5, 0.6) is 5.75 Å². The zero-order valence-corrected chi connectivity index (χ0v) is 14.3. The van der Waals surface area contributed by atoms with Crippen molar-refractivity contribution < 1.29 is 22.3 Å². The molecule has 8 heteroatoms. The Balaban J connectivity index is 1.57. The molecule has 3 rings (SSSR count). The first-order valence-electron chi connectivity index (χ1n) is 8.05. The monoisotopic (exact) mass is 356 g/mol. The highest BCUT2D eigenvalue weighted by molar-refractivity contribution is 7.90. The highest BCUT2D eigenvalue weighted by Gasteiger charge is 2.41. The van der Waals surface area contributed by atoms with E-state index in [4.69, 9.17) is 4.74 Å². The second kappa shape index (κ2) is 6.68. The van der Waals surface area contributed by atoms with Crippen molar-refractivity contribution in [2.75, 3.05) is 20.2 Å². The largest absolute Gasteiger partial charge is 0.494 e. The first-order valence-corrected chi connectivity index (χ1v) is 9.55. The van der Waals surface area contributed by atoms with E-state index in [1.807, 2.05) is 0 Å². The number of hydrogen-bond acceptors (Lipinski definition) is 4. The summed E-state index contributed by atoms with van der Waals surface area (Å²) in [4.78, 5) is 12.3. The third-order valence-corrected chi connectivity index (χ3v) is 6.91. The number of nitrogens with one attached hydrogen (secondary N) is 1. The molecule has 0 atom stereocenters. The summed E-state index contributed by atoms with van der Waals surface area (Å²) < 4.78 is 44.2. The lowest BCUT2D eigenvalue weighted by Crippen LogP contribution is -2.47. The fourth-order valence-electron chi connectivity index (χ4n) is 2.90. The SMILES string of the molecule is COc1cc(C(=O)NC2CCN(S(=O)(=O)C3CC3)CC2)ccc1F. The van der Waals surface area contributed by atoms with Crippen molar-refractivity contribution in [3.63, 3.8) is 0 Å². The van der Waals surface area contributed by atoms with Crippen molar-refractivity contribution >= 4 is 15.9 Å². The number of benzene rings is 1. The summed E-state index contributed by atoms with van der Waals surface area (Å²) in [6, 6.07) is 3.87. The highest BCUT2D eigenvalue weighted by atomic mass is 32.2. The third kappa shape index (κ3) is 3.54. The summed E-state index contributed by atoms with van der Waals surface area (Å²) in [5, 5.41) is 2.69. The van der Waals surface area contributed by atoms with E-state index in [0.29, 0.717) is 31.5 Å². The molecule has 1 N–H and O–H groups in total. The summed E-state index contributed by atoms with van der Waals surface area (Å²) in [5.41, 5.74) is 0.321. The minimum Gasteiger partial charge on any atom is -0.494 e. The number of amides is 1. The normalized spacial score (nSPS) is 19.9. The Morgan fingerprint density at radius 3 is 2.50 bits per heavy atom. The van der Waals surface area contributed by atoms with Gasteiger partial charge in [0.2, 0.25) is 10.0 Å². The van der Waals surface area contributed by atoms with Crippen LogP contribution in [0.15, 0.2) is 18.2 Å². The van der Waals surface area contributed by atoms with E-state index in [1.54, 1.807) is 0 Å². The van der Waals surface area contributed by atoms with Crippen LogP contribution in [0.1, 0.15) is 36.0 Å². The van der Waals surface area contributed by atoms with E-state index < -0.39 is 15.8 Å². The number of methoxy groups -OCH3 is 1. The van der Waals surface area contributed by atoms with Crippen molar-refractivity contribution in [3.05, 3.63) is 29.6 Å². The molecule has 2 fully saturated rings. The van der Waals surface area contributed by atoms with Crippen LogP contribution in [0.25, 0.3) is 0 Å². The Hall–Kier alpha value is -1.67. The number of nitrogens with zero attached hydrogens (tertiary/aromatic N) is 1. The van der Waals surface area contributed by atoms with Gasteiger partial charge in [-0.05, 0) is 43.9 Å². The minimum absolute atomic E-state index is 0.0213. The number of hydrogen-bond donors (Lipinski definition) is 1. The van der Waals surface area contributed by atoms with Crippen LogP contribution in [0.4, 0.5) is 4.39 Å². The molecule has 1 saturated carbocycles. The van der Waals surface area contributed by atoms with Crippen LogP contribution < -0.4 is 10.1 Å². The Bertz CT molecular complexity index is 726. The predicted molar refractivity (Wildman–Crippen MR) is 87.0 cm³/mol. The first-order chi connectivity index (χ1) is 11.4. The van der Waals surface area contributed by atoms with Crippen molar-refractivity contribution in [2.24, 2.45) is 0 Å². The van der Waals surface area contributed by atoms with Crippen molar-refractivity contribution in [1.29, 1.82) is 0 Å². The summed E-state index contributed by atoms with van der Waals surface area (Å²) in [5.74, 6) is -0.808. The summed E-state index contributed by atoms with van der Waals surface area (Å²) in [6.07, 6.45) is 2.67. The van der Waals surface area contributed by atoms with Crippen LogP contribution in [0.2, 0.25) is 0 Å². The van der Waals surface area contributed by atoms with Crippen LogP contribution in [-0.4, -0.2) is 50.1 Å². The molecule has 0 aromatic heterocycles. The highest BCUT2D eigenvalue weighted by Crippen LogP contribution is 2.32. The van der Waals surface area contributed by atoms with Gasteiger partial charge in [-0.1, -0.05) is 0 Å². The summed E-state index contributed by atoms with van der Waals surface area (Å²) in [7, 11) is -1.80. The van der Waals surface area contributed by atoms with Gasteiger partial charge >= 0.3 is 0 Å². The molecule has 0 radical (unpaired) electrons. The fraction of sp³-hybridized carbons (Fsp3) is 0.562. The number of sulfonamides is 1. The molecule has 1 saturated heterocycles. The molecule has 2 aliphatic rings. The average Bonchev–Trinajstić information content (AvgIpc) is 3.41. The van der Waals surface area contributed by atoms with Gasteiger partial charge in [-0.2, -0.15) is 0 Å². The van der Waals surface area contributed by atoms with Gasteiger partial charge in [0, 0.05) is 24.7 Å². The molecule has 1 aliphatic carbocycles. The lowest BCUT2D eigenvalue weighted by Gasteiger charge is -2.31. The molecule has 24 heavy (non-hydrogen) atoms. The molecule has 0 unspecified atom stereocenters. The van der Waals surface area contributed by atoms with Crippen molar-refractivity contribution in [1.82, 2.24) is 9.62 Å². The van der Waals surface area contributed by atoms with Gasteiger partial charge in [-0.25, -0.2) is 17.1 Å². The maximum Gasteiger partial charge on any atom is 0.251 e. The van der Waals surface area contributed by atoms with E-state index in [9.17, 15) is 17.6 Å². The molecule has 6 nitrogen and oxygen atoms in total. The molecule has 1 aromatic rings. The topological polar surface area (TPSA) is 75.7 Å². The van der Waals surface area contributed by atoms with Gasteiger partial charge in [0.05, 0.1) is 12.4 Å². The van der Waals surface area contributed by atoms with Gasteiger partial charge in [0.15, 0.2) is 11.6 Å². The molecule has 132 valence electrons. The molecule has 1 aromatic carbocycles. The zero-order chi connectivity index (χ0) is 17.3.